The van der Waals surface area contributed by atoms with Crippen LogP contribution in [0.2, 0.25) is 0 Å². The zero-order valence-corrected chi connectivity index (χ0v) is 29.4. The topological polar surface area (TPSA) is 118 Å². The van der Waals surface area contributed by atoms with Crippen LogP contribution < -0.4 is 0 Å². The first-order valence-corrected chi connectivity index (χ1v) is 20.3. The molecule has 2 saturated heterocycles. The Morgan fingerprint density at radius 3 is 1.71 bits per heavy atom. The summed E-state index contributed by atoms with van der Waals surface area (Å²) in [5.74, 6) is -0.748. The van der Waals surface area contributed by atoms with Crippen LogP contribution in [0, 0.1) is 32.6 Å². The van der Waals surface area contributed by atoms with Gasteiger partial charge in [-0.15, -0.1) is 0 Å². The summed E-state index contributed by atoms with van der Waals surface area (Å²) >= 11 is 0. The molecule has 3 fully saturated rings. The molecule has 2 aliphatic heterocycles. The van der Waals surface area contributed by atoms with E-state index in [1.807, 2.05) is 39.0 Å². The van der Waals surface area contributed by atoms with Gasteiger partial charge in [-0.05, 0) is 81.5 Å². The molecule has 4 aromatic rings. The molecule has 7 rings (SSSR count). The van der Waals surface area contributed by atoms with Gasteiger partial charge in [0.1, 0.15) is 0 Å². The summed E-state index contributed by atoms with van der Waals surface area (Å²) in [7, 11) is -12.7. The predicted molar refractivity (Wildman–Crippen MR) is 182 cm³/mol. The Balaban J connectivity index is 1.42. The molecule has 1 aliphatic carbocycles. The van der Waals surface area contributed by atoms with Crippen molar-refractivity contribution in [3.63, 3.8) is 0 Å². The Labute approximate surface area is 283 Å². The summed E-state index contributed by atoms with van der Waals surface area (Å²) in [6.45, 7) is 5.34. The van der Waals surface area contributed by atoms with Crippen LogP contribution in [-0.2, 0) is 34.3 Å². The van der Waals surface area contributed by atoms with Gasteiger partial charge in [0.15, 0.2) is 0 Å². The molecule has 0 unspecified atom stereocenters. The van der Waals surface area contributed by atoms with E-state index in [0.717, 1.165) is 16.7 Å². The van der Waals surface area contributed by atoms with Crippen molar-refractivity contribution in [3.05, 3.63) is 125 Å². The second-order valence-corrected chi connectivity index (χ2v) is 18.6. The van der Waals surface area contributed by atoms with Crippen LogP contribution in [0.1, 0.15) is 41.1 Å². The van der Waals surface area contributed by atoms with Crippen molar-refractivity contribution in [1.82, 2.24) is 8.61 Å². The van der Waals surface area contributed by atoms with Crippen molar-refractivity contribution in [1.29, 1.82) is 0 Å². The van der Waals surface area contributed by atoms with Crippen LogP contribution in [0.3, 0.4) is 0 Å². The second-order valence-electron chi connectivity index (χ2n) is 13.3. The van der Waals surface area contributed by atoms with E-state index in [1.165, 1.54) is 20.7 Å². The van der Waals surface area contributed by atoms with Crippen LogP contribution in [0.4, 0.5) is 0 Å². The second kappa shape index (κ2) is 11.9. The summed E-state index contributed by atoms with van der Waals surface area (Å²) < 4.78 is 94.9. The van der Waals surface area contributed by atoms with E-state index in [1.54, 1.807) is 72.8 Å². The SMILES string of the molecule is Cc1ccc(S(=O)(=O)OC[C@]23CC[C@H]4CN(S(=O)(=O)c5ccc(C)cc5)[C@H]([C@H]42)[C@H](c2ccccc2)N3S(=O)(=O)c2ccc(C)cc2)cc1. The molecule has 5 atom stereocenters. The fourth-order valence-corrected chi connectivity index (χ4v) is 12.7. The van der Waals surface area contributed by atoms with E-state index in [9.17, 15) is 16.8 Å². The first-order valence-electron chi connectivity index (χ1n) is 16.0. The molecule has 0 radical (unpaired) electrons. The van der Waals surface area contributed by atoms with Gasteiger partial charge in [0.05, 0.1) is 38.9 Å². The first-order chi connectivity index (χ1) is 22.8. The highest BCUT2D eigenvalue weighted by Crippen LogP contribution is 2.64. The predicted octanol–water partition coefficient (Wildman–Crippen LogP) is 5.60. The standard InChI is InChI=1S/C36H38N2O7S3/c1-25-9-15-30(16-10-25)46(39,40)37-23-29-21-22-36(24-45-48(43,44)32-19-13-27(3)14-20-32)33(29)35(37)34(28-7-5-4-6-8-28)38(36)47(41,42)31-17-11-26(2)12-18-31/h4-20,29,33-35H,21-24H2,1-3H3/t29-,33-,34-,35+,36+/m0/s1. The third kappa shape index (κ3) is 5.33. The zero-order valence-electron chi connectivity index (χ0n) is 26.9. The van der Waals surface area contributed by atoms with Crippen molar-refractivity contribution >= 4 is 30.2 Å². The highest BCUT2D eigenvalue weighted by Gasteiger charge is 2.73. The molecule has 0 N–H and O–H groups in total. The third-order valence-electron chi connectivity index (χ3n) is 10.3. The Morgan fingerprint density at radius 2 is 1.17 bits per heavy atom. The molecule has 0 bridgehead atoms. The van der Waals surface area contributed by atoms with Crippen LogP contribution in [-0.4, -0.2) is 58.6 Å². The van der Waals surface area contributed by atoms with Crippen molar-refractivity contribution in [2.75, 3.05) is 13.2 Å². The Bertz CT molecular complexity index is 2160. The van der Waals surface area contributed by atoms with Gasteiger partial charge in [-0.2, -0.15) is 17.0 Å². The summed E-state index contributed by atoms with van der Waals surface area (Å²) in [4.78, 5) is 0.144. The van der Waals surface area contributed by atoms with Crippen LogP contribution >= 0.6 is 0 Å². The third-order valence-corrected chi connectivity index (χ3v) is 15.5. The van der Waals surface area contributed by atoms with Crippen LogP contribution in [0.5, 0.6) is 0 Å². The van der Waals surface area contributed by atoms with Gasteiger partial charge in [0, 0.05) is 12.5 Å². The van der Waals surface area contributed by atoms with Crippen molar-refractivity contribution in [3.8, 4) is 0 Å². The molecule has 3 aliphatic rings. The highest BCUT2D eigenvalue weighted by atomic mass is 32.2. The van der Waals surface area contributed by atoms with E-state index in [-0.39, 0.29) is 27.1 Å². The number of aryl methyl sites for hydroxylation is 3. The molecular weight excluding hydrogens is 669 g/mol. The zero-order chi connectivity index (χ0) is 34.1. The maximum atomic E-state index is 15.0. The monoisotopic (exact) mass is 706 g/mol. The van der Waals surface area contributed by atoms with Gasteiger partial charge in [-0.25, -0.2) is 16.8 Å². The maximum absolute atomic E-state index is 15.0. The summed E-state index contributed by atoms with van der Waals surface area (Å²) in [6, 6.07) is 26.8. The van der Waals surface area contributed by atoms with Crippen molar-refractivity contribution < 1.29 is 29.4 Å². The molecule has 1 saturated carbocycles. The Kier molecular flexibility index (Phi) is 8.20. The number of hydrogen-bond acceptors (Lipinski definition) is 7. The lowest BCUT2D eigenvalue weighted by Crippen LogP contribution is -2.53. The minimum absolute atomic E-state index is 0.0313. The van der Waals surface area contributed by atoms with Gasteiger partial charge >= 0.3 is 0 Å². The Morgan fingerprint density at radius 1 is 0.667 bits per heavy atom. The van der Waals surface area contributed by atoms with Gasteiger partial charge in [0.25, 0.3) is 10.1 Å². The van der Waals surface area contributed by atoms with Crippen LogP contribution in [0.15, 0.2) is 118 Å². The fourth-order valence-electron chi connectivity index (χ4n) is 8.06. The molecule has 2 heterocycles. The van der Waals surface area contributed by atoms with Crippen LogP contribution in [0.25, 0.3) is 0 Å². The molecule has 0 aromatic heterocycles. The largest absolute Gasteiger partial charge is 0.297 e. The lowest BCUT2D eigenvalue weighted by molar-refractivity contribution is 0.103. The van der Waals surface area contributed by atoms with Crippen molar-refractivity contribution in [2.45, 2.75) is 65.9 Å². The van der Waals surface area contributed by atoms with E-state index in [4.69, 9.17) is 4.18 Å². The normalized spacial score (nSPS) is 26.1. The smallest absolute Gasteiger partial charge is 0.264 e. The summed E-state index contributed by atoms with van der Waals surface area (Å²) in [5.41, 5.74) is 1.95. The molecule has 12 heteroatoms. The van der Waals surface area contributed by atoms with Gasteiger partial charge < -0.3 is 0 Å². The summed E-state index contributed by atoms with van der Waals surface area (Å²) in [6.07, 6.45) is 0.825. The van der Waals surface area contributed by atoms with Crippen molar-refractivity contribution in [2.24, 2.45) is 11.8 Å². The number of nitrogens with zero attached hydrogens (tertiary/aromatic N) is 2. The molecule has 0 spiro atoms. The molecular formula is C36H38N2O7S3. The molecule has 252 valence electrons. The number of benzene rings is 4. The number of rotatable bonds is 9. The molecule has 9 nitrogen and oxygen atoms in total. The lowest BCUT2D eigenvalue weighted by Gasteiger charge is -2.40. The Hall–Kier alpha value is -3.39. The van der Waals surface area contributed by atoms with Gasteiger partial charge in [-0.1, -0.05) is 83.4 Å². The van der Waals surface area contributed by atoms with E-state index in [0.29, 0.717) is 18.4 Å². The average molecular weight is 707 g/mol. The van der Waals surface area contributed by atoms with E-state index in [2.05, 4.69) is 0 Å². The van der Waals surface area contributed by atoms with E-state index >= 15 is 8.42 Å². The van der Waals surface area contributed by atoms with E-state index < -0.39 is 60.3 Å². The first kappa shape index (κ1) is 33.1. The molecule has 0 amide bonds. The fraction of sp³-hybridized carbons (Fsp3) is 0.333. The number of hydrogen-bond donors (Lipinski definition) is 0. The highest BCUT2D eigenvalue weighted by molar-refractivity contribution is 7.89. The number of sulfonamides is 2. The molecule has 4 aromatic carbocycles. The summed E-state index contributed by atoms with van der Waals surface area (Å²) in [5, 5.41) is 0. The quantitative estimate of drug-likeness (QED) is 0.208. The van der Waals surface area contributed by atoms with Gasteiger partial charge in [-0.3, -0.25) is 4.18 Å². The average Bonchev–Trinajstić information content (AvgIpc) is 3.72. The van der Waals surface area contributed by atoms with Gasteiger partial charge in [0.2, 0.25) is 20.0 Å². The molecule has 48 heavy (non-hydrogen) atoms. The minimum Gasteiger partial charge on any atom is -0.264 e. The lowest BCUT2D eigenvalue weighted by atomic mass is 9.83. The maximum Gasteiger partial charge on any atom is 0.297 e. The minimum atomic E-state index is -4.33.